The highest BCUT2D eigenvalue weighted by atomic mass is 16.5. The average Bonchev–Trinajstić information content (AvgIpc) is 1.99. The van der Waals surface area contributed by atoms with Crippen LogP contribution < -0.4 is 0 Å². The lowest BCUT2D eigenvalue weighted by molar-refractivity contribution is -0.151. The third-order valence-electron chi connectivity index (χ3n) is 1.89. The molecule has 0 aromatic rings. The predicted molar refractivity (Wildman–Crippen MR) is 37.8 cm³/mol. The molecule has 0 aromatic heterocycles. The number of piperidine rings is 1. The Labute approximate surface area is 65.1 Å². The summed E-state index contributed by atoms with van der Waals surface area (Å²) in [6.07, 6.45) is 0.420. The van der Waals surface area contributed by atoms with Crippen molar-refractivity contribution in [3.05, 3.63) is 0 Å². The highest BCUT2D eigenvalue weighted by molar-refractivity contribution is 5.97. The molecule has 0 atom stereocenters. The Morgan fingerprint density at radius 1 is 1.36 bits per heavy atom. The summed E-state index contributed by atoms with van der Waals surface area (Å²) in [5.41, 5.74) is 0. The molecule has 4 heteroatoms. The molecule has 0 N–H and O–H groups in total. The van der Waals surface area contributed by atoms with Crippen LogP contribution in [0.5, 0.6) is 0 Å². The van der Waals surface area contributed by atoms with Gasteiger partial charge in [-0.1, -0.05) is 0 Å². The van der Waals surface area contributed by atoms with E-state index in [9.17, 15) is 9.59 Å². The molecule has 0 saturated carbocycles. The lowest BCUT2D eigenvalue weighted by Crippen LogP contribution is -2.42. The molecule has 1 fully saturated rings. The second kappa shape index (κ2) is 3.00. The van der Waals surface area contributed by atoms with Crippen LogP contribution in [0.1, 0.15) is 12.8 Å². The van der Waals surface area contributed by atoms with E-state index in [0.29, 0.717) is 12.8 Å². The lowest BCUT2D eigenvalue weighted by atomic mass is 10.1. The van der Waals surface area contributed by atoms with Crippen molar-refractivity contribution in [1.29, 1.82) is 0 Å². The Morgan fingerprint density at radius 3 is 2.18 bits per heavy atom. The topological polar surface area (TPSA) is 46.6 Å². The van der Waals surface area contributed by atoms with Crippen LogP contribution in [0.3, 0.4) is 0 Å². The largest absolute Gasteiger partial charge is 0.380 e. The molecule has 0 aliphatic carbocycles. The Balaban J connectivity index is 2.62. The minimum absolute atomic E-state index is 0.159. The number of amides is 2. The first-order valence-corrected chi connectivity index (χ1v) is 3.47. The van der Waals surface area contributed by atoms with Gasteiger partial charge in [0.05, 0.1) is 18.9 Å². The molecule has 1 aliphatic rings. The van der Waals surface area contributed by atoms with E-state index in [0.717, 1.165) is 4.90 Å². The molecule has 2 amide bonds. The van der Waals surface area contributed by atoms with Gasteiger partial charge in [-0.05, 0) is 0 Å². The molecule has 1 heterocycles. The summed E-state index contributed by atoms with van der Waals surface area (Å²) in [5, 5.41) is 0. The summed E-state index contributed by atoms with van der Waals surface area (Å²) < 4.78 is 4.91. The van der Waals surface area contributed by atoms with Gasteiger partial charge in [0.25, 0.3) is 0 Å². The Morgan fingerprint density at radius 2 is 1.82 bits per heavy atom. The molecule has 0 unspecified atom stereocenters. The Hall–Kier alpha value is -0.900. The third-order valence-corrected chi connectivity index (χ3v) is 1.89. The van der Waals surface area contributed by atoms with Crippen LogP contribution in [0.4, 0.5) is 0 Å². The summed E-state index contributed by atoms with van der Waals surface area (Å²) in [6, 6.07) is 0. The van der Waals surface area contributed by atoms with Crippen molar-refractivity contribution in [2.24, 2.45) is 0 Å². The van der Waals surface area contributed by atoms with Gasteiger partial charge in [0.1, 0.15) is 0 Å². The molecule has 0 radical (unpaired) electrons. The molecular formula is C7H11NO3. The minimum atomic E-state index is -0.216. The predicted octanol–water partition coefficient (Wildman–Crippen LogP) is -0.220. The molecule has 1 rings (SSSR count). The van der Waals surface area contributed by atoms with Crippen molar-refractivity contribution < 1.29 is 14.3 Å². The quantitative estimate of drug-likeness (QED) is 0.494. The van der Waals surface area contributed by atoms with Gasteiger partial charge in [-0.3, -0.25) is 14.5 Å². The van der Waals surface area contributed by atoms with Crippen LogP contribution in [0.2, 0.25) is 0 Å². The average molecular weight is 157 g/mol. The Kier molecular flexibility index (Phi) is 2.24. The first-order valence-electron chi connectivity index (χ1n) is 3.47. The van der Waals surface area contributed by atoms with E-state index < -0.39 is 0 Å². The summed E-state index contributed by atoms with van der Waals surface area (Å²) >= 11 is 0. The van der Waals surface area contributed by atoms with E-state index in [1.807, 2.05) is 0 Å². The summed E-state index contributed by atoms with van der Waals surface area (Å²) in [7, 11) is 3.01. The number of rotatable bonds is 1. The summed E-state index contributed by atoms with van der Waals surface area (Å²) in [6.45, 7) is 0. The maximum atomic E-state index is 11.0. The van der Waals surface area contributed by atoms with E-state index in [4.69, 9.17) is 4.74 Å². The van der Waals surface area contributed by atoms with Gasteiger partial charge in [0.15, 0.2) is 0 Å². The molecule has 1 saturated heterocycles. The van der Waals surface area contributed by atoms with E-state index in [1.165, 1.54) is 14.2 Å². The van der Waals surface area contributed by atoms with Gasteiger partial charge >= 0.3 is 0 Å². The van der Waals surface area contributed by atoms with Crippen molar-refractivity contribution >= 4 is 11.8 Å². The number of methoxy groups -OCH3 is 1. The molecule has 0 aromatic carbocycles. The number of likely N-dealkylation sites (tertiary alicyclic amines) is 1. The maximum Gasteiger partial charge on any atom is 0.231 e. The normalized spacial score (nSPS) is 21.1. The third kappa shape index (κ3) is 1.57. The lowest BCUT2D eigenvalue weighted by Gasteiger charge is -2.25. The number of ether oxygens (including phenoxy) is 1. The molecule has 11 heavy (non-hydrogen) atoms. The van der Waals surface area contributed by atoms with Crippen molar-refractivity contribution in [2.45, 2.75) is 18.9 Å². The standard InChI is InChI=1S/C7H11NO3/c1-8-6(9)3-5(11-2)4-7(8)10/h5H,3-4H2,1-2H3. The van der Waals surface area contributed by atoms with E-state index in [2.05, 4.69) is 0 Å². The number of hydrogen-bond acceptors (Lipinski definition) is 3. The molecule has 0 bridgehead atoms. The van der Waals surface area contributed by atoms with Gasteiger partial charge in [-0.2, -0.15) is 0 Å². The van der Waals surface area contributed by atoms with Crippen LogP contribution in [-0.4, -0.2) is 37.0 Å². The molecule has 62 valence electrons. The smallest absolute Gasteiger partial charge is 0.231 e. The zero-order valence-corrected chi connectivity index (χ0v) is 6.66. The van der Waals surface area contributed by atoms with Crippen molar-refractivity contribution in [3.8, 4) is 0 Å². The number of imide groups is 1. The van der Waals surface area contributed by atoms with Crippen LogP contribution >= 0.6 is 0 Å². The van der Waals surface area contributed by atoms with Gasteiger partial charge < -0.3 is 4.74 Å². The first kappa shape index (κ1) is 8.20. The number of nitrogens with zero attached hydrogens (tertiary/aromatic N) is 1. The summed E-state index contributed by atoms with van der Waals surface area (Å²) in [5.74, 6) is -0.318. The van der Waals surface area contributed by atoms with Crippen LogP contribution in [-0.2, 0) is 14.3 Å². The monoisotopic (exact) mass is 157 g/mol. The fourth-order valence-electron chi connectivity index (χ4n) is 1.04. The highest BCUT2D eigenvalue weighted by Gasteiger charge is 2.29. The Bertz CT molecular complexity index is 172. The van der Waals surface area contributed by atoms with E-state index >= 15 is 0 Å². The molecule has 0 spiro atoms. The van der Waals surface area contributed by atoms with E-state index in [-0.39, 0.29) is 17.9 Å². The highest BCUT2D eigenvalue weighted by Crippen LogP contribution is 2.13. The van der Waals surface area contributed by atoms with Crippen molar-refractivity contribution in [3.63, 3.8) is 0 Å². The fourth-order valence-corrected chi connectivity index (χ4v) is 1.04. The van der Waals surface area contributed by atoms with Crippen molar-refractivity contribution in [2.75, 3.05) is 14.2 Å². The number of carbonyl (C=O) groups is 2. The maximum absolute atomic E-state index is 11.0. The van der Waals surface area contributed by atoms with Gasteiger partial charge in [-0.25, -0.2) is 0 Å². The van der Waals surface area contributed by atoms with E-state index in [1.54, 1.807) is 0 Å². The SMILES string of the molecule is COC1CC(=O)N(C)C(=O)C1. The second-order valence-corrected chi connectivity index (χ2v) is 2.61. The number of carbonyl (C=O) groups excluding carboxylic acids is 2. The zero-order valence-electron chi connectivity index (χ0n) is 6.66. The molecule has 4 nitrogen and oxygen atoms in total. The van der Waals surface area contributed by atoms with Crippen LogP contribution in [0, 0.1) is 0 Å². The fraction of sp³-hybridized carbons (Fsp3) is 0.714. The van der Waals surface area contributed by atoms with Gasteiger partial charge in [0, 0.05) is 14.2 Å². The second-order valence-electron chi connectivity index (χ2n) is 2.61. The van der Waals surface area contributed by atoms with Gasteiger partial charge in [0.2, 0.25) is 11.8 Å². The number of hydrogen-bond donors (Lipinski definition) is 0. The molecular weight excluding hydrogens is 146 g/mol. The summed E-state index contributed by atoms with van der Waals surface area (Å²) in [4.78, 5) is 23.1. The molecule has 1 aliphatic heterocycles. The zero-order chi connectivity index (χ0) is 8.43. The first-order chi connectivity index (χ1) is 5.15. The van der Waals surface area contributed by atoms with Crippen molar-refractivity contribution in [1.82, 2.24) is 4.90 Å². The van der Waals surface area contributed by atoms with Crippen LogP contribution in [0.25, 0.3) is 0 Å². The minimum Gasteiger partial charge on any atom is -0.380 e. The van der Waals surface area contributed by atoms with Crippen LogP contribution in [0.15, 0.2) is 0 Å². The van der Waals surface area contributed by atoms with Gasteiger partial charge in [-0.15, -0.1) is 0 Å².